The van der Waals surface area contributed by atoms with Crippen LogP contribution < -0.4 is 0 Å². The summed E-state index contributed by atoms with van der Waals surface area (Å²) in [5.74, 6) is 0. The molecule has 0 atom stereocenters. The summed E-state index contributed by atoms with van der Waals surface area (Å²) < 4.78 is 12.7. The van der Waals surface area contributed by atoms with E-state index in [0.717, 1.165) is 20.4 Å². The zero-order chi connectivity index (χ0) is 8.85. The summed E-state index contributed by atoms with van der Waals surface area (Å²) in [6.07, 6.45) is 0. The Morgan fingerprint density at radius 1 is 0.818 bits per heavy atom. The van der Waals surface area contributed by atoms with Crippen LogP contribution >= 0.6 is 35.3 Å². The molecule has 8 heteroatoms. The molecule has 0 saturated carbocycles. The van der Waals surface area contributed by atoms with Gasteiger partial charge in [-0.3, -0.25) is 0 Å². The van der Waals surface area contributed by atoms with Crippen LogP contribution in [0.15, 0.2) is 0 Å². The summed E-state index contributed by atoms with van der Waals surface area (Å²) in [4.78, 5) is 0. The molecule has 11 heavy (non-hydrogen) atoms. The molecule has 0 unspecified atom stereocenters. The number of hydrogen-bond donors (Lipinski definition) is 0. The third-order valence-electron chi connectivity index (χ3n) is 0.921. The van der Waals surface area contributed by atoms with Crippen LogP contribution in [-0.2, 0) is 23.7 Å². The number of rotatable bonds is 0. The van der Waals surface area contributed by atoms with Crippen LogP contribution in [-0.4, -0.2) is 33.3 Å². The zero-order valence-corrected chi connectivity index (χ0v) is 9.33. The fourth-order valence-electron chi connectivity index (χ4n) is 0.634. The quantitative estimate of drug-likeness (QED) is 0.478. The van der Waals surface area contributed by atoms with Gasteiger partial charge in [-0.2, -0.15) is 13.3 Å². The second kappa shape index (κ2) is 6.75. The molecule has 64 valence electrons. The van der Waals surface area contributed by atoms with E-state index in [9.17, 15) is 0 Å². The summed E-state index contributed by atoms with van der Waals surface area (Å²) >= 11 is 17.5. The van der Waals surface area contributed by atoms with E-state index in [4.69, 9.17) is 38.7 Å². The number of nitrogens with zero attached hydrogens (tertiary/aromatic N) is 3. The Labute approximate surface area is 92.0 Å². The molecule has 1 saturated heterocycles. The van der Waals surface area contributed by atoms with Gasteiger partial charge in [0.15, 0.2) is 0 Å². The van der Waals surface area contributed by atoms with Gasteiger partial charge in [0.25, 0.3) is 0 Å². The monoisotopic (exact) mass is 253 g/mol. The first kappa shape index (κ1) is 12.3. The van der Waals surface area contributed by atoms with E-state index in [1.165, 1.54) is 13.3 Å². The van der Waals surface area contributed by atoms with Gasteiger partial charge in [0, 0.05) is 0 Å². The van der Waals surface area contributed by atoms with Gasteiger partial charge in [-0.05, 0) is 35.3 Å². The normalized spacial score (nSPS) is 22.4. The topological polar surface area (TPSA) is 26.8 Å². The number of halogens is 3. The van der Waals surface area contributed by atoms with Crippen LogP contribution in [0, 0.1) is 0 Å². The van der Waals surface area contributed by atoms with E-state index in [1.54, 1.807) is 0 Å². The van der Waals surface area contributed by atoms with Crippen LogP contribution in [0.3, 0.4) is 0 Å². The molecular formula is C3H6Cl3N3OTi. The first-order chi connectivity index (χ1) is 5.18. The third-order valence-corrected chi connectivity index (χ3v) is 1.56. The fourth-order valence-corrected chi connectivity index (χ4v) is 1.57. The Morgan fingerprint density at radius 3 is 1.18 bits per heavy atom. The van der Waals surface area contributed by atoms with Gasteiger partial charge < -0.3 is 0 Å². The maximum atomic E-state index is 8.25. The zero-order valence-electron chi connectivity index (χ0n) is 5.51. The van der Waals surface area contributed by atoms with Crippen LogP contribution in [0.25, 0.3) is 0 Å². The predicted octanol–water partition coefficient (Wildman–Crippen LogP) is 1.12. The molecule has 0 bridgehead atoms. The molecular weight excluding hydrogens is 248 g/mol. The van der Waals surface area contributed by atoms with Crippen LogP contribution in [0.2, 0.25) is 0 Å². The SMILES string of the molecule is ClN1CN(Cl)CN(Cl)C1.[O]=[Ti]. The van der Waals surface area contributed by atoms with Crippen molar-refractivity contribution in [2.75, 3.05) is 20.0 Å². The van der Waals surface area contributed by atoms with Crippen molar-refractivity contribution in [2.45, 2.75) is 0 Å². The Kier molecular flexibility index (Phi) is 7.52. The summed E-state index contributed by atoms with van der Waals surface area (Å²) in [5.41, 5.74) is 0. The molecule has 1 fully saturated rings. The van der Waals surface area contributed by atoms with Crippen molar-refractivity contribution in [2.24, 2.45) is 0 Å². The van der Waals surface area contributed by atoms with Crippen molar-refractivity contribution in [3.8, 4) is 0 Å². The molecule has 1 aliphatic rings. The van der Waals surface area contributed by atoms with E-state index in [1.807, 2.05) is 0 Å². The van der Waals surface area contributed by atoms with Crippen LogP contribution in [0.1, 0.15) is 0 Å². The number of hydrogen-bond acceptors (Lipinski definition) is 4. The van der Waals surface area contributed by atoms with Gasteiger partial charge in [0.2, 0.25) is 0 Å². The van der Waals surface area contributed by atoms with Gasteiger partial charge in [0.1, 0.15) is 0 Å². The van der Waals surface area contributed by atoms with Gasteiger partial charge in [0.05, 0.1) is 20.0 Å². The minimum absolute atomic E-state index is 0.534. The average molecular weight is 254 g/mol. The van der Waals surface area contributed by atoms with E-state index >= 15 is 0 Å². The average Bonchev–Trinajstić information content (AvgIpc) is 1.88. The van der Waals surface area contributed by atoms with Crippen molar-refractivity contribution in [3.63, 3.8) is 0 Å². The van der Waals surface area contributed by atoms with Gasteiger partial charge >= 0.3 is 23.7 Å². The maximum absolute atomic E-state index is 8.25. The van der Waals surface area contributed by atoms with Crippen molar-refractivity contribution in [1.82, 2.24) is 13.3 Å². The Morgan fingerprint density at radius 2 is 1.00 bits per heavy atom. The molecule has 0 aromatic rings. The molecule has 1 aliphatic heterocycles. The second-order valence-corrected chi connectivity index (χ2v) is 3.25. The first-order valence-electron chi connectivity index (χ1n) is 2.61. The molecule has 0 radical (unpaired) electrons. The molecule has 0 amide bonds. The van der Waals surface area contributed by atoms with E-state index in [-0.39, 0.29) is 0 Å². The van der Waals surface area contributed by atoms with Crippen molar-refractivity contribution in [1.29, 1.82) is 0 Å². The molecule has 0 aliphatic carbocycles. The standard InChI is InChI=1S/C3H6Cl3N3.O.Ti/c4-7-1-8(5)3-9(6)2-7;;/h1-3H2;;. The van der Waals surface area contributed by atoms with Gasteiger partial charge in [-0.1, -0.05) is 0 Å². The Hall–Kier alpha value is 1.26. The fraction of sp³-hybridized carbons (Fsp3) is 1.00. The molecule has 0 N–H and O–H groups in total. The molecule has 0 aromatic carbocycles. The molecule has 0 aromatic heterocycles. The Balaban J connectivity index is 0.000000461. The molecule has 1 rings (SSSR count). The second-order valence-electron chi connectivity index (χ2n) is 1.81. The molecule has 4 nitrogen and oxygen atoms in total. The summed E-state index contributed by atoms with van der Waals surface area (Å²) in [6, 6.07) is 0. The summed E-state index contributed by atoms with van der Waals surface area (Å²) in [6.45, 7) is 1.60. The molecule has 1 heterocycles. The molecule has 0 spiro atoms. The Bertz CT molecular complexity index is 95.0. The van der Waals surface area contributed by atoms with Crippen molar-refractivity contribution < 1.29 is 23.7 Å². The summed E-state index contributed by atoms with van der Waals surface area (Å²) in [5, 5.41) is 0. The van der Waals surface area contributed by atoms with E-state index in [0.29, 0.717) is 20.0 Å². The van der Waals surface area contributed by atoms with Crippen LogP contribution in [0.4, 0.5) is 0 Å². The minimum atomic E-state index is 0.534. The predicted molar refractivity (Wildman–Crippen MR) is 38.4 cm³/mol. The van der Waals surface area contributed by atoms with Crippen LogP contribution in [0.5, 0.6) is 0 Å². The summed E-state index contributed by atoms with van der Waals surface area (Å²) in [7, 11) is 0. The third kappa shape index (κ3) is 5.49. The van der Waals surface area contributed by atoms with Crippen molar-refractivity contribution in [3.05, 3.63) is 0 Å². The van der Waals surface area contributed by atoms with Gasteiger partial charge in [-0.25, -0.2) is 0 Å². The van der Waals surface area contributed by atoms with Gasteiger partial charge in [-0.15, -0.1) is 0 Å². The van der Waals surface area contributed by atoms with E-state index in [2.05, 4.69) is 0 Å². The van der Waals surface area contributed by atoms with E-state index < -0.39 is 0 Å². The van der Waals surface area contributed by atoms with Crippen molar-refractivity contribution >= 4 is 35.3 Å². The first-order valence-corrected chi connectivity index (χ1v) is 4.26.